The maximum Gasteiger partial charge on any atom is 0.387 e. The number of aromatic nitrogens is 1. The normalized spacial score (nSPS) is 10.8. The zero-order valence-corrected chi connectivity index (χ0v) is 14.3. The first-order valence-electron chi connectivity index (χ1n) is 7.35. The third kappa shape index (κ3) is 4.17. The molecule has 0 saturated carbocycles. The number of hydrogen-bond acceptors (Lipinski definition) is 7. The van der Waals surface area contributed by atoms with Gasteiger partial charge in [0, 0.05) is 0 Å². The lowest BCUT2D eigenvalue weighted by Crippen LogP contribution is -2.07. The molecule has 26 heavy (non-hydrogen) atoms. The summed E-state index contributed by atoms with van der Waals surface area (Å²) >= 11 is 1.48. The molecule has 6 nitrogen and oxygen atoms in total. The van der Waals surface area contributed by atoms with Gasteiger partial charge < -0.3 is 18.6 Å². The Labute approximate surface area is 150 Å². The van der Waals surface area contributed by atoms with Gasteiger partial charge in [0.1, 0.15) is 18.6 Å². The molecule has 0 fully saturated rings. The van der Waals surface area contributed by atoms with Crippen LogP contribution in [0.25, 0.3) is 10.8 Å². The van der Waals surface area contributed by atoms with Crippen molar-refractivity contribution in [1.29, 1.82) is 0 Å². The van der Waals surface area contributed by atoms with Crippen LogP contribution in [-0.4, -0.2) is 24.7 Å². The molecule has 2 heterocycles. The van der Waals surface area contributed by atoms with Gasteiger partial charge in [-0.05, 0) is 29.6 Å². The number of oxazole rings is 1. The average molecular weight is 381 g/mol. The van der Waals surface area contributed by atoms with E-state index in [4.69, 9.17) is 13.9 Å². The van der Waals surface area contributed by atoms with Crippen molar-refractivity contribution in [3.05, 3.63) is 53.2 Å². The molecule has 0 spiro atoms. The number of benzene rings is 1. The fourth-order valence-corrected chi connectivity index (χ4v) is 2.75. The van der Waals surface area contributed by atoms with Crippen molar-refractivity contribution < 1.29 is 32.2 Å². The van der Waals surface area contributed by atoms with Crippen molar-refractivity contribution in [3.63, 3.8) is 0 Å². The highest BCUT2D eigenvalue weighted by atomic mass is 32.1. The molecular weight excluding hydrogens is 368 g/mol. The molecule has 0 saturated heterocycles. The molecule has 136 valence electrons. The highest BCUT2D eigenvalue weighted by Crippen LogP contribution is 2.30. The number of carbonyl (C=O) groups is 1. The summed E-state index contributed by atoms with van der Waals surface area (Å²) in [4.78, 5) is 17.2. The zero-order chi connectivity index (χ0) is 18.5. The summed E-state index contributed by atoms with van der Waals surface area (Å²) in [6.45, 7) is -3.09. The van der Waals surface area contributed by atoms with Crippen molar-refractivity contribution in [2.75, 3.05) is 7.11 Å². The molecule has 0 bridgehead atoms. The quantitative estimate of drug-likeness (QED) is 0.566. The van der Waals surface area contributed by atoms with Gasteiger partial charge in [-0.2, -0.15) is 8.78 Å². The fraction of sp³-hybridized carbons (Fsp3) is 0.176. The van der Waals surface area contributed by atoms with Crippen molar-refractivity contribution in [1.82, 2.24) is 4.98 Å². The minimum Gasteiger partial charge on any atom is -0.493 e. The Kier molecular flexibility index (Phi) is 5.47. The minimum absolute atomic E-state index is 0.00108. The van der Waals surface area contributed by atoms with Crippen LogP contribution in [0.1, 0.15) is 16.1 Å². The number of nitrogens with zero attached hydrogens (tertiary/aromatic N) is 1. The summed E-state index contributed by atoms with van der Waals surface area (Å²) in [6, 6.07) is 7.52. The first kappa shape index (κ1) is 17.9. The van der Waals surface area contributed by atoms with Gasteiger partial charge in [-0.15, -0.1) is 11.3 Å². The van der Waals surface area contributed by atoms with Crippen LogP contribution in [0.4, 0.5) is 8.78 Å². The first-order chi connectivity index (χ1) is 12.6. The topological polar surface area (TPSA) is 70.8 Å². The Bertz CT molecular complexity index is 879. The van der Waals surface area contributed by atoms with E-state index >= 15 is 0 Å². The molecule has 0 aliphatic carbocycles. The first-order valence-corrected chi connectivity index (χ1v) is 8.23. The van der Waals surface area contributed by atoms with Gasteiger partial charge in [0.25, 0.3) is 0 Å². The fourth-order valence-electron chi connectivity index (χ4n) is 2.10. The van der Waals surface area contributed by atoms with Crippen LogP contribution < -0.4 is 9.47 Å². The number of halogens is 2. The Morgan fingerprint density at radius 3 is 2.85 bits per heavy atom. The molecular formula is C17H13F2NO5S. The smallest absolute Gasteiger partial charge is 0.387 e. The SMILES string of the molecule is COc1cc(C(=O)OCc2coc(-c3cccs3)n2)ccc1OC(F)F. The Morgan fingerprint density at radius 2 is 2.15 bits per heavy atom. The van der Waals surface area contributed by atoms with E-state index in [0.717, 1.165) is 4.88 Å². The second kappa shape index (κ2) is 7.96. The summed E-state index contributed by atoms with van der Waals surface area (Å²) in [5.74, 6) is -0.383. The standard InChI is InChI=1S/C17H13F2NO5S/c1-22-13-7-10(4-5-12(13)25-17(18)19)16(21)24-9-11-8-23-15(20-11)14-3-2-6-26-14/h2-8,17H,9H2,1H3. The lowest BCUT2D eigenvalue weighted by atomic mass is 10.2. The lowest BCUT2D eigenvalue weighted by molar-refractivity contribution is -0.0512. The van der Waals surface area contributed by atoms with E-state index in [1.54, 1.807) is 0 Å². The monoisotopic (exact) mass is 381 g/mol. The molecule has 3 rings (SSSR count). The molecule has 9 heteroatoms. The van der Waals surface area contributed by atoms with E-state index in [-0.39, 0.29) is 23.7 Å². The molecule has 3 aromatic rings. The van der Waals surface area contributed by atoms with Crippen LogP contribution in [0.5, 0.6) is 11.5 Å². The summed E-state index contributed by atoms with van der Waals surface area (Å²) in [5.41, 5.74) is 0.580. The summed E-state index contributed by atoms with van der Waals surface area (Å²) in [7, 11) is 1.28. The zero-order valence-electron chi connectivity index (χ0n) is 13.5. The molecule has 1 aromatic carbocycles. The van der Waals surface area contributed by atoms with E-state index in [2.05, 4.69) is 9.72 Å². The van der Waals surface area contributed by atoms with E-state index < -0.39 is 12.6 Å². The maximum absolute atomic E-state index is 12.3. The number of hydrogen-bond donors (Lipinski definition) is 0. The van der Waals surface area contributed by atoms with Gasteiger partial charge >= 0.3 is 12.6 Å². The predicted octanol–water partition coefficient (Wildman–Crippen LogP) is 4.37. The number of carbonyl (C=O) groups excluding carboxylic acids is 1. The third-order valence-electron chi connectivity index (χ3n) is 3.25. The predicted molar refractivity (Wildman–Crippen MR) is 88.6 cm³/mol. The van der Waals surface area contributed by atoms with Gasteiger partial charge in [-0.25, -0.2) is 9.78 Å². The molecule has 0 unspecified atom stereocenters. The number of thiophene rings is 1. The highest BCUT2D eigenvalue weighted by molar-refractivity contribution is 7.13. The van der Waals surface area contributed by atoms with Crippen LogP contribution in [0, 0.1) is 0 Å². The number of methoxy groups -OCH3 is 1. The second-order valence-electron chi connectivity index (χ2n) is 4.94. The van der Waals surface area contributed by atoms with Gasteiger partial charge in [0.2, 0.25) is 5.89 Å². The largest absolute Gasteiger partial charge is 0.493 e. The molecule has 0 aliphatic rings. The lowest BCUT2D eigenvalue weighted by Gasteiger charge is -2.11. The molecule has 0 atom stereocenters. The van der Waals surface area contributed by atoms with E-state index in [1.807, 2.05) is 17.5 Å². The minimum atomic E-state index is -2.99. The van der Waals surface area contributed by atoms with Gasteiger partial charge in [0.05, 0.1) is 17.6 Å². The van der Waals surface area contributed by atoms with Gasteiger partial charge in [-0.1, -0.05) is 6.07 Å². The Balaban J connectivity index is 1.65. The Morgan fingerprint density at radius 1 is 1.31 bits per heavy atom. The number of alkyl halides is 2. The van der Waals surface area contributed by atoms with Crippen molar-refractivity contribution >= 4 is 17.3 Å². The van der Waals surface area contributed by atoms with E-state index in [0.29, 0.717) is 11.6 Å². The van der Waals surface area contributed by atoms with Crippen molar-refractivity contribution in [2.45, 2.75) is 13.2 Å². The van der Waals surface area contributed by atoms with Crippen LogP contribution >= 0.6 is 11.3 Å². The van der Waals surface area contributed by atoms with Crippen LogP contribution in [0.2, 0.25) is 0 Å². The summed E-state index contributed by atoms with van der Waals surface area (Å²) in [6.07, 6.45) is 1.41. The summed E-state index contributed by atoms with van der Waals surface area (Å²) < 4.78 is 44.4. The Hall–Kier alpha value is -2.94. The van der Waals surface area contributed by atoms with Crippen LogP contribution in [-0.2, 0) is 11.3 Å². The molecule has 2 aromatic heterocycles. The van der Waals surface area contributed by atoms with Crippen LogP contribution in [0.15, 0.2) is 46.4 Å². The maximum atomic E-state index is 12.3. The van der Waals surface area contributed by atoms with Gasteiger partial charge in [-0.3, -0.25) is 0 Å². The average Bonchev–Trinajstić information content (AvgIpc) is 3.30. The van der Waals surface area contributed by atoms with Gasteiger partial charge in [0.15, 0.2) is 11.5 Å². The number of rotatable bonds is 7. The molecule has 0 radical (unpaired) electrons. The van der Waals surface area contributed by atoms with E-state index in [9.17, 15) is 13.6 Å². The van der Waals surface area contributed by atoms with E-state index in [1.165, 1.54) is 42.9 Å². The van der Waals surface area contributed by atoms with Crippen LogP contribution in [0.3, 0.4) is 0 Å². The summed E-state index contributed by atoms with van der Waals surface area (Å²) in [5, 5.41) is 1.90. The molecule has 0 N–H and O–H groups in total. The van der Waals surface area contributed by atoms with Crippen molar-refractivity contribution in [2.24, 2.45) is 0 Å². The number of ether oxygens (including phenoxy) is 3. The highest BCUT2D eigenvalue weighted by Gasteiger charge is 2.16. The molecule has 0 aliphatic heterocycles. The number of esters is 1. The van der Waals surface area contributed by atoms with Crippen molar-refractivity contribution in [3.8, 4) is 22.3 Å². The molecule has 0 amide bonds. The second-order valence-corrected chi connectivity index (χ2v) is 5.89. The third-order valence-corrected chi connectivity index (χ3v) is 4.11.